The van der Waals surface area contributed by atoms with E-state index in [1.807, 2.05) is 0 Å². The molecule has 2 N–H and O–H groups in total. The van der Waals surface area contributed by atoms with Gasteiger partial charge in [0.15, 0.2) is 0 Å². The van der Waals surface area contributed by atoms with Crippen LogP contribution in [0.25, 0.3) is 0 Å². The van der Waals surface area contributed by atoms with Crippen LogP contribution in [-0.4, -0.2) is 4.98 Å². The highest BCUT2D eigenvalue weighted by Gasteiger charge is 2.07. The van der Waals surface area contributed by atoms with Crippen LogP contribution in [0.1, 0.15) is 17.6 Å². The molecule has 0 unspecified atom stereocenters. The van der Waals surface area contributed by atoms with Crippen molar-refractivity contribution in [1.29, 1.82) is 0 Å². The molecule has 1 aromatic rings. The van der Waals surface area contributed by atoms with Gasteiger partial charge in [-0.05, 0) is 18.6 Å². The SMILES string of the molecule is Cc1cc(C(F)F)cnc1N. The van der Waals surface area contributed by atoms with E-state index >= 15 is 0 Å². The minimum atomic E-state index is -2.47. The molecular formula is C7H8F2N2. The first-order valence-electron chi connectivity index (χ1n) is 3.11. The summed E-state index contributed by atoms with van der Waals surface area (Å²) < 4.78 is 24.0. The Morgan fingerprint density at radius 2 is 2.18 bits per heavy atom. The van der Waals surface area contributed by atoms with Crippen LogP contribution in [0.5, 0.6) is 0 Å². The van der Waals surface area contributed by atoms with Crippen molar-refractivity contribution in [2.75, 3.05) is 5.73 Å². The molecule has 0 saturated carbocycles. The third-order valence-electron chi connectivity index (χ3n) is 1.39. The third kappa shape index (κ3) is 1.63. The van der Waals surface area contributed by atoms with Crippen LogP contribution in [0.2, 0.25) is 0 Å². The molecule has 0 atom stereocenters. The summed E-state index contributed by atoms with van der Waals surface area (Å²) in [6.45, 7) is 1.65. The van der Waals surface area contributed by atoms with Crippen LogP contribution in [0.3, 0.4) is 0 Å². The molecule has 0 bridgehead atoms. The predicted molar refractivity (Wildman–Crippen MR) is 38.3 cm³/mol. The molecule has 1 aromatic heterocycles. The smallest absolute Gasteiger partial charge is 0.265 e. The average Bonchev–Trinajstić information content (AvgIpc) is 1.94. The van der Waals surface area contributed by atoms with E-state index in [-0.39, 0.29) is 5.56 Å². The van der Waals surface area contributed by atoms with Gasteiger partial charge in [-0.2, -0.15) is 0 Å². The van der Waals surface area contributed by atoms with Gasteiger partial charge in [-0.15, -0.1) is 0 Å². The van der Waals surface area contributed by atoms with Gasteiger partial charge in [-0.3, -0.25) is 0 Å². The van der Waals surface area contributed by atoms with Gasteiger partial charge in [0.1, 0.15) is 5.82 Å². The molecule has 0 aromatic carbocycles. The Kier molecular flexibility index (Phi) is 2.03. The molecule has 0 aliphatic carbocycles. The van der Waals surface area contributed by atoms with Crippen LogP contribution in [0.4, 0.5) is 14.6 Å². The summed E-state index contributed by atoms with van der Waals surface area (Å²) >= 11 is 0. The normalized spacial score (nSPS) is 10.5. The lowest BCUT2D eigenvalue weighted by atomic mass is 10.2. The zero-order valence-corrected chi connectivity index (χ0v) is 6.01. The quantitative estimate of drug-likeness (QED) is 0.678. The van der Waals surface area contributed by atoms with Crippen LogP contribution in [0.15, 0.2) is 12.3 Å². The van der Waals surface area contributed by atoms with E-state index in [0.29, 0.717) is 11.4 Å². The van der Waals surface area contributed by atoms with Gasteiger partial charge < -0.3 is 5.73 Å². The highest BCUT2D eigenvalue weighted by atomic mass is 19.3. The molecule has 11 heavy (non-hydrogen) atoms. The Bertz CT molecular complexity index is 261. The van der Waals surface area contributed by atoms with Gasteiger partial charge in [-0.25, -0.2) is 13.8 Å². The van der Waals surface area contributed by atoms with Crippen LogP contribution in [-0.2, 0) is 0 Å². The maximum Gasteiger partial charge on any atom is 0.265 e. The van der Waals surface area contributed by atoms with E-state index in [2.05, 4.69) is 4.98 Å². The Balaban J connectivity index is 3.05. The number of anilines is 1. The Hall–Kier alpha value is -1.19. The van der Waals surface area contributed by atoms with Gasteiger partial charge in [0.2, 0.25) is 0 Å². The summed E-state index contributed by atoms with van der Waals surface area (Å²) in [4.78, 5) is 3.60. The molecule has 0 amide bonds. The van der Waals surface area contributed by atoms with Gasteiger partial charge in [0.25, 0.3) is 6.43 Å². The molecular weight excluding hydrogens is 150 g/mol. The summed E-state index contributed by atoms with van der Waals surface area (Å²) in [6, 6.07) is 1.34. The molecule has 60 valence electrons. The lowest BCUT2D eigenvalue weighted by Crippen LogP contribution is -1.95. The fourth-order valence-corrected chi connectivity index (χ4v) is 0.726. The summed E-state index contributed by atoms with van der Waals surface area (Å²) in [5.41, 5.74) is 5.83. The van der Waals surface area contributed by atoms with Crippen molar-refractivity contribution in [3.8, 4) is 0 Å². The monoisotopic (exact) mass is 158 g/mol. The number of rotatable bonds is 1. The molecule has 1 rings (SSSR count). The second kappa shape index (κ2) is 2.82. The van der Waals surface area contributed by atoms with Crippen molar-refractivity contribution in [3.63, 3.8) is 0 Å². The maximum absolute atomic E-state index is 12.0. The summed E-state index contributed by atoms with van der Waals surface area (Å²) in [6.07, 6.45) is -1.38. The Morgan fingerprint density at radius 3 is 2.64 bits per heavy atom. The zero-order chi connectivity index (χ0) is 8.43. The number of aryl methyl sites for hydroxylation is 1. The van der Waals surface area contributed by atoms with E-state index in [1.54, 1.807) is 6.92 Å². The largest absolute Gasteiger partial charge is 0.383 e. The third-order valence-corrected chi connectivity index (χ3v) is 1.39. The molecule has 1 heterocycles. The van der Waals surface area contributed by atoms with Crippen molar-refractivity contribution in [1.82, 2.24) is 4.98 Å². The number of nitrogens with zero attached hydrogens (tertiary/aromatic N) is 1. The standard InChI is InChI=1S/C7H8F2N2/c1-4-2-5(6(8)9)3-11-7(4)10/h2-3,6H,1H3,(H2,10,11). The second-order valence-electron chi connectivity index (χ2n) is 2.27. The summed E-state index contributed by atoms with van der Waals surface area (Å²) in [5.74, 6) is 0.300. The fourth-order valence-electron chi connectivity index (χ4n) is 0.726. The zero-order valence-electron chi connectivity index (χ0n) is 6.01. The van der Waals surface area contributed by atoms with Crippen molar-refractivity contribution < 1.29 is 8.78 Å². The lowest BCUT2D eigenvalue weighted by Gasteiger charge is -2.01. The topological polar surface area (TPSA) is 38.9 Å². The summed E-state index contributed by atoms with van der Waals surface area (Å²) in [5, 5.41) is 0. The minimum Gasteiger partial charge on any atom is -0.383 e. The number of hydrogen-bond donors (Lipinski definition) is 1. The maximum atomic E-state index is 12.0. The predicted octanol–water partition coefficient (Wildman–Crippen LogP) is 1.91. The van der Waals surface area contributed by atoms with E-state index in [9.17, 15) is 8.78 Å². The Labute approximate surface area is 63.1 Å². The number of hydrogen-bond acceptors (Lipinski definition) is 2. The molecule has 0 fully saturated rings. The first-order chi connectivity index (χ1) is 5.11. The second-order valence-corrected chi connectivity index (χ2v) is 2.27. The van der Waals surface area contributed by atoms with Crippen LogP contribution < -0.4 is 5.73 Å². The molecule has 0 spiro atoms. The van der Waals surface area contributed by atoms with Crippen LogP contribution >= 0.6 is 0 Å². The number of nitrogen functional groups attached to an aromatic ring is 1. The first kappa shape index (κ1) is 7.91. The fraction of sp³-hybridized carbons (Fsp3) is 0.286. The van der Waals surface area contributed by atoms with Crippen molar-refractivity contribution in [3.05, 3.63) is 23.4 Å². The van der Waals surface area contributed by atoms with Crippen molar-refractivity contribution >= 4 is 5.82 Å². The molecule has 0 saturated heterocycles. The molecule has 4 heteroatoms. The molecule has 0 aliphatic heterocycles. The van der Waals surface area contributed by atoms with Gasteiger partial charge >= 0.3 is 0 Å². The van der Waals surface area contributed by atoms with E-state index in [1.165, 1.54) is 6.07 Å². The highest BCUT2D eigenvalue weighted by molar-refractivity contribution is 5.39. The molecule has 2 nitrogen and oxygen atoms in total. The van der Waals surface area contributed by atoms with Crippen LogP contribution in [0, 0.1) is 6.92 Å². The van der Waals surface area contributed by atoms with Gasteiger partial charge in [-0.1, -0.05) is 0 Å². The van der Waals surface area contributed by atoms with Gasteiger partial charge in [0, 0.05) is 11.8 Å². The Morgan fingerprint density at radius 1 is 1.55 bits per heavy atom. The molecule has 0 radical (unpaired) electrons. The van der Waals surface area contributed by atoms with Gasteiger partial charge in [0.05, 0.1) is 0 Å². The van der Waals surface area contributed by atoms with E-state index in [4.69, 9.17) is 5.73 Å². The van der Waals surface area contributed by atoms with E-state index < -0.39 is 6.43 Å². The lowest BCUT2D eigenvalue weighted by molar-refractivity contribution is 0.151. The first-order valence-corrected chi connectivity index (χ1v) is 3.11. The van der Waals surface area contributed by atoms with Crippen molar-refractivity contribution in [2.45, 2.75) is 13.3 Å². The summed E-state index contributed by atoms with van der Waals surface area (Å²) in [7, 11) is 0. The minimum absolute atomic E-state index is 0.0864. The number of nitrogens with two attached hydrogens (primary N) is 1. The van der Waals surface area contributed by atoms with Crippen molar-refractivity contribution in [2.24, 2.45) is 0 Å². The van der Waals surface area contributed by atoms with E-state index in [0.717, 1.165) is 6.20 Å². The number of alkyl halides is 2. The molecule has 0 aliphatic rings. The number of halogens is 2. The number of aromatic nitrogens is 1. The average molecular weight is 158 g/mol. The highest BCUT2D eigenvalue weighted by Crippen LogP contribution is 2.20. The number of pyridine rings is 1.